The molecule has 4 nitrogen and oxygen atoms in total. The molecule has 0 aliphatic heterocycles. The molecule has 0 amide bonds. The van der Waals surface area contributed by atoms with Crippen molar-refractivity contribution in [3.05, 3.63) is 0 Å². The van der Waals surface area contributed by atoms with Gasteiger partial charge < -0.3 is 10.2 Å². The molecule has 0 unspecified atom stereocenters. The maximum atomic E-state index is 12.7. The molecule has 0 fully saturated rings. The Bertz CT molecular complexity index is 717. The second-order valence-corrected chi connectivity index (χ2v) is 18.0. The minimum absolute atomic E-state index is 0.192. The fraction of sp³-hybridized carbons (Fsp3) is 0.958. The van der Waals surface area contributed by atoms with Crippen LogP contribution in [-0.2, 0) is 9.59 Å². The van der Waals surface area contributed by atoms with Crippen molar-refractivity contribution in [3.63, 3.8) is 0 Å². The standard InChI is InChI=1S/C48H94O4/c1-44(2)38-32-27-23-19-15-11-7-5-9-13-17-21-25-29-35-41-48(47(51)52,43-37-31-34-40-46(49)50)42-36-30-26-22-18-14-10-6-8-12-16-20-24-28-33-39-45(3)4/h44-45H,5-43H2,1-4H3,(H,49,50)(H,51,52). The molecule has 0 heterocycles. The number of carbonyl (C=O) groups is 2. The molecule has 0 saturated carbocycles. The Morgan fingerprint density at radius 2 is 0.558 bits per heavy atom. The molecule has 0 aliphatic carbocycles. The minimum atomic E-state index is -0.749. The first-order chi connectivity index (χ1) is 25.2. The molecule has 2 N–H and O–H groups in total. The monoisotopic (exact) mass is 735 g/mol. The molecule has 0 aromatic rings. The van der Waals surface area contributed by atoms with E-state index in [9.17, 15) is 14.7 Å². The number of hydrogen-bond acceptors (Lipinski definition) is 2. The zero-order valence-corrected chi connectivity index (χ0v) is 35.9. The summed E-state index contributed by atoms with van der Waals surface area (Å²) in [4.78, 5) is 23.7. The van der Waals surface area contributed by atoms with E-state index < -0.39 is 17.4 Å². The Labute approximate surface area is 326 Å². The van der Waals surface area contributed by atoms with E-state index in [4.69, 9.17) is 5.11 Å². The lowest BCUT2D eigenvalue weighted by Crippen LogP contribution is -2.31. The van der Waals surface area contributed by atoms with Gasteiger partial charge in [-0.25, -0.2) is 0 Å². The van der Waals surface area contributed by atoms with Crippen molar-refractivity contribution in [2.45, 2.75) is 278 Å². The van der Waals surface area contributed by atoms with Gasteiger partial charge in [-0.15, -0.1) is 0 Å². The molecular formula is C48H94O4. The van der Waals surface area contributed by atoms with Gasteiger partial charge in [0.05, 0.1) is 5.41 Å². The van der Waals surface area contributed by atoms with Crippen molar-refractivity contribution < 1.29 is 19.8 Å². The summed E-state index contributed by atoms with van der Waals surface area (Å²) in [5, 5.41) is 19.5. The summed E-state index contributed by atoms with van der Waals surface area (Å²) in [7, 11) is 0. The van der Waals surface area contributed by atoms with Crippen LogP contribution in [0.1, 0.15) is 278 Å². The van der Waals surface area contributed by atoms with Gasteiger partial charge in [0.2, 0.25) is 0 Å². The van der Waals surface area contributed by atoms with E-state index in [1.54, 1.807) is 0 Å². The van der Waals surface area contributed by atoms with Gasteiger partial charge in [0.25, 0.3) is 0 Å². The predicted octanol–water partition coefficient (Wildman–Crippen LogP) is 16.7. The van der Waals surface area contributed by atoms with E-state index in [1.807, 2.05) is 0 Å². The van der Waals surface area contributed by atoms with Gasteiger partial charge in [-0.05, 0) is 37.5 Å². The van der Waals surface area contributed by atoms with Crippen molar-refractivity contribution in [2.24, 2.45) is 17.3 Å². The van der Waals surface area contributed by atoms with Crippen LogP contribution < -0.4 is 0 Å². The third-order valence-corrected chi connectivity index (χ3v) is 11.9. The van der Waals surface area contributed by atoms with E-state index in [0.717, 1.165) is 63.2 Å². The molecule has 0 spiro atoms. The molecule has 0 aliphatic rings. The van der Waals surface area contributed by atoms with Crippen molar-refractivity contribution in [1.82, 2.24) is 0 Å². The first-order valence-corrected chi connectivity index (χ1v) is 23.6. The maximum Gasteiger partial charge on any atom is 0.309 e. The molecule has 0 rings (SSSR count). The van der Waals surface area contributed by atoms with Crippen LogP contribution in [-0.4, -0.2) is 22.2 Å². The molecule has 0 saturated heterocycles. The summed E-state index contributed by atoms with van der Waals surface area (Å²) in [5.41, 5.74) is -0.620. The number of rotatable bonds is 43. The highest BCUT2D eigenvalue weighted by Crippen LogP contribution is 2.38. The quantitative estimate of drug-likeness (QED) is 0.0612. The third-order valence-electron chi connectivity index (χ3n) is 11.9. The number of carboxylic acids is 2. The van der Waals surface area contributed by atoms with Gasteiger partial charge in [-0.3, -0.25) is 9.59 Å². The van der Waals surface area contributed by atoms with Crippen LogP contribution in [0.3, 0.4) is 0 Å². The van der Waals surface area contributed by atoms with Gasteiger partial charge >= 0.3 is 11.9 Å². The number of hydrogen-bond donors (Lipinski definition) is 2. The molecule has 52 heavy (non-hydrogen) atoms. The number of aliphatic carboxylic acids is 2. The minimum Gasteiger partial charge on any atom is -0.481 e. The summed E-state index contributed by atoms with van der Waals surface area (Å²) in [6.45, 7) is 9.31. The first-order valence-electron chi connectivity index (χ1n) is 23.6. The summed E-state index contributed by atoms with van der Waals surface area (Å²) in [5.74, 6) is 0.353. The van der Waals surface area contributed by atoms with E-state index in [1.165, 1.54) is 180 Å². The lowest BCUT2D eigenvalue weighted by molar-refractivity contribution is -0.151. The van der Waals surface area contributed by atoms with Gasteiger partial charge in [0.15, 0.2) is 0 Å². The number of unbranched alkanes of at least 4 members (excludes halogenated alkanes) is 30. The highest BCUT2D eigenvalue weighted by atomic mass is 16.4. The van der Waals surface area contributed by atoms with E-state index in [2.05, 4.69) is 27.7 Å². The molecule has 310 valence electrons. The Kier molecular flexibility index (Phi) is 37.4. The van der Waals surface area contributed by atoms with Crippen molar-refractivity contribution >= 4 is 11.9 Å². The molecule has 0 bridgehead atoms. The second kappa shape index (κ2) is 38.2. The highest BCUT2D eigenvalue weighted by molar-refractivity contribution is 5.74. The van der Waals surface area contributed by atoms with E-state index in [0.29, 0.717) is 12.8 Å². The zero-order valence-electron chi connectivity index (χ0n) is 35.9. The molecular weight excluding hydrogens is 641 g/mol. The first kappa shape index (κ1) is 50.9. The van der Waals surface area contributed by atoms with Gasteiger partial charge in [0, 0.05) is 6.42 Å². The zero-order chi connectivity index (χ0) is 38.4. The fourth-order valence-electron chi connectivity index (χ4n) is 8.24. The van der Waals surface area contributed by atoms with Crippen molar-refractivity contribution in [1.29, 1.82) is 0 Å². The molecule has 0 radical (unpaired) electrons. The number of carboxylic acid groups (broad SMARTS) is 2. The van der Waals surface area contributed by atoms with Gasteiger partial charge in [-0.1, -0.05) is 246 Å². The highest BCUT2D eigenvalue weighted by Gasteiger charge is 2.36. The van der Waals surface area contributed by atoms with Crippen LogP contribution in [0.4, 0.5) is 0 Å². The molecule has 0 aromatic heterocycles. The predicted molar refractivity (Wildman–Crippen MR) is 227 cm³/mol. The summed E-state index contributed by atoms with van der Waals surface area (Å²) >= 11 is 0. The van der Waals surface area contributed by atoms with Crippen molar-refractivity contribution in [3.8, 4) is 0 Å². The lowest BCUT2D eigenvalue weighted by atomic mass is 9.74. The van der Waals surface area contributed by atoms with Gasteiger partial charge in [0.1, 0.15) is 0 Å². The van der Waals surface area contributed by atoms with Crippen LogP contribution in [0.5, 0.6) is 0 Å². The fourth-order valence-corrected chi connectivity index (χ4v) is 8.24. The van der Waals surface area contributed by atoms with Crippen LogP contribution in [0.25, 0.3) is 0 Å². The average Bonchev–Trinajstić information content (AvgIpc) is 3.09. The Balaban J connectivity index is 4.10. The van der Waals surface area contributed by atoms with Crippen LogP contribution in [0.2, 0.25) is 0 Å². The van der Waals surface area contributed by atoms with Crippen LogP contribution in [0.15, 0.2) is 0 Å². The topological polar surface area (TPSA) is 74.6 Å². The largest absolute Gasteiger partial charge is 0.481 e. The molecule has 4 heteroatoms. The maximum absolute atomic E-state index is 12.7. The van der Waals surface area contributed by atoms with E-state index >= 15 is 0 Å². The van der Waals surface area contributed by atoms with Gasteiger partial charge in [-0.2, -0.15) is 0 Å². The smallest absolute Gasteiger partial charge is 0.309 e. The van der Waals surface area contributed by atoms with Crippen LogP contribution >= 0.6 is 0 Å². The SMILES string of the molecule is CC(C)CCCCCCCCCCCCCCCCCC(CCCCCCCCCCCCCCCCCC(C)C)(CCCCCC(=O)O)C(=O)O. The summed E-state index contributed by atoms with van der Waals surface area (Å²) < 4.78 is 0. The summed E-state index contributed by atoms with van der Waals surface area (Å²) in [6, 6.07) is 0. The Morgan fingerprint density at radius 1 is 0.346 bits per heavy atom. The Morgan fingerprint density at radius 3 is 0.769 bits per heavy atom. The average molecular weight is 735 g/mol. The van der Waals surface area contributed by atoms with Crippen LogP contribution in [0, 0.1) is 17.3 Å². The van der Waals surface area contributed by atoms with E-state index in [-0.39, 0.29) is 6.42 Å². The Hall–Kier alpha value is -1.06. The second-order valence-electron chi connectivity index (χ2n) is 18.0. The van der Waals surface area contributed by atoms with Crippen molar-refractivity contribution in [2.75, 3.05) is 0 Å². The normalized spacial score (nSPS) is 12.0. The lowest BCUT2D eigenvalue weighted by Gasteiger charge is -2.30. The summed E-state index contributed by atoms with van der Waals surface area (Å²) in [6.07, 6.45) is 47.6. The molecule has 0 aromatic carbocycles. The third kappa shape index (κ3) is 35.9. The molecule has 0 atom stereocenters.